The molecule has 0 saturated carbocycles. The van der Waals surface area contributed by atoms with Crippen molar-refractivity contribution in [2.75, 3.05) is 0 Å². The van der Waals surface area contributed by atoms with Crippen molar-refractivity contribution in [3.8, 4) is 34.3 Å². The normalized spacial score (nSPS) is 32.2. The van der Waals surface area contributed by atoms with E-state index in [9.17, 15) is 45.3 Å². The Hall–Kier alpha value is -3.76. The second kappa shape index (κ2) is 10.9. The molecule has 3 aromatic rings. The predicted molar refractivity (Wildman–Crippen MR) is 136 cm³/mol. The van der Waals surface area contributed by atoms with E-state index >= 15 is 0 Å². The van der Waals surface area contributed by atoms with E-state index in [4.69, 9.17) is 23.4 Å². The van der Waals surface area contributed by atoms with Crippen LogP contribution in [-0.2, 0) is 19.0 Å². The first kappa shape index (κ1) is 28.8. The lowest BCUT2D eigenvalue weighted by Gasteiger charge is -2.44. The summed E-state index contributed by atoms with van der Waals surface area (Å²) in [5.41, 5.74) is -0.885. The quantitative estimate of drug-likeness (QED) is 0.210. The molecule has 2 aromatic carbocycles. The van der Waals surface area contributed by atoms with Crippen molar-refractivity contribution in [1.82, 2.24) is 0 Å². The largest absolute Gasteiger partial charge is 0.508 e. The molecule has 0 unspecified atom stereocenters. The number of aromatic hydroxyl groups is 3. The molecule has 41 heavy (non-hydrogen) atoms. The number of hydrogen-bond donors (Lipinski definition) is 7. The standard InChI is InChI=1S/C27H28O14/c1-9-17(31)20(34)22(36)26(37-9)41-25-21(35)18(32)10(2)38-27(25)40-24-19(33)16-14(30)7-13(29)8-15(16)39-23(24)11-3-5-12(28)6-4-11/h3-10,18,20-22,25-30,32,34-36H,1-2H3/t9-,10-,18-,20+,21+,22+,25+,26-,27-/m0/s1. The molecule has 1 aromatic heterocycles. The van der Waals surface area contributed by atoms with Crippen LogP contribution < -0.4 is 10.2 Å². The van der Waals surface area contributed by atoms with Crippen molar-refractivity contribution < 1.29 is 63.9 Å². The number of Topliss-reactive ketones (excluding diaryl/α,β-unsaturated/α-hetero) is 1. The summed E-state index contributed by atoms with van der Waals surface area (Å²) in [6.07, 6.45) is -14.3. The highest BCUT2D eigenvalue weighted by Gasteiger charge is 2.50. The van der Waals surface area contributed by atoms with E-state index in [1.807, 2.05) is 0 Å². The number of fused-ring (bicyclic) bond motifs is 1. The van der Waals surface area contributed by atoms with Crippen LogP contribution in [0.2, 0.25) is 0 Å². The van der Waals surface area contributed by atoms with Crippen LogP contribution in [-0.4, -0.2) is 96.8 Å². The second-order valence-electron chi connectivity index (χ2n) is 9.87. The van der Waals surface area contributed by atoms with E-state index in [0.717, 1.165) is 12.1 Å². The van der Waals surface area contributed by atoms with Gasteiger partial charge in [-0.05, 0) is 38.1 Å². The molecule has 2 saturated heterocycles. The minimum absolute atomic E-state index is 0.0920. The molecule has 0 radical (unpaired) electrons. The Bertz CT molecular complexity index is 1500. The number of ketones is 1. The second-order valence-corrected chi connectivity index (χ2v) is 9.87. The highest BCUT2D eigenvalue weighted by molar-refractivity contribution is 5.88. The number of phenols is 3. The molecule has 5 rings (SSSR count). The SMILES string of the molecule is C[C@@H]1O[C@@H](O[C@H]2[C@H](Oc3c(-c4ccc(O)cc4)oc4cc(O)cc(O)c4c3=O)O[C@@H](C)[C@H](O)[C@H]2O)[C@H](O)[C@H](O)C1=O. The zero-order valence-corrected chi connectivity index (χ0v) is 21.6. The molecular weight excluding hydrogens is 548 g/mol. The van der Waals surface area contributed by atoms with Gasteiger partial charge in [0.1, 0.15) is 58.7 Å². The van der Waals surface area contributed by atoms with Gasteiger partial charge in [0.2, 0.25) is 17.5 Å². The molecule has 3 heterocycles. The minimum Gasteiger partial charge on any atom is -0.508 e. The van der Waals surface area contributed by atoms with Gasteiger partial charge in [-0.3, -0.25) is 9.59 Å². The Morgan fingerprint density at radius 3 is 2.17 bits per heavy atom. The van der Waals surface area contributed by atoms with Crippen molar-refractivity contribution in [2.45, 2.75) is 69.2 Å². The number of carbonyl (C=O) groups is 1. The number of aliphatic hydroxyl groups excluding tert-OH is 4. The maximum atomic E-state index is 13.7. The molecule has 2 aliphatic rings. The van der Waals surface area contributed by atoms with Gasteiger partial charge in [0.15, 0.2) is 23.9 Å². The molecule has 2 aliphatic heterocycles. The van der Waals surface area contributed by atoms with Crippen LogP contribution in [0.25, 0.3) is 22.3 Å². The first-order valence-electron chi connectivity index (χ1n) is 12.6. The fourth-order valence-electron chi connectivity index (χ4n) is 4.71. The molecule has 0 spiro atoms. The lowest BCUT2D eigenvalue weighted by Crippen LogP contribution is -2.63. The Morgan fingerprint density at radius 1 is 0.805 bits per heavy atom. The van der Waals surface area contributed by atoms with Crippen LogP contribution in [0.15, 0.2) is 45.6 Å². The fraction of sp³-hybridized carbons (Fsp3) is 0.407. The summed E-state index contributed by atoms with van der Waals surface area (Å²) in [6.45, 7) is 2.73. The maximum absolute atomic E-state index is 13.7. The van der Waals surface area contributed by atoms with E-state index < -0.39 is 78.0 Å². The molecule has 9 atom stereocenters. The lowest BCUT2D eigenvalue weighted by molar-refractivity contribution is -0.334. The van der Waals surface area contributed by atoms with Crippen molar-refractivity contribution in [2.24, 2.45) is 0 Å². The van der Waals surface area contributed by atoms with Crippen LogP contribution in [0, 0.1) is 0 Å². The molecule has 7 N–H and O–H groups in total. The van der Waals surface area contributed by atoms with E-state index in [-0.39, 0.29) is 33.8 Å². The third-order valence-electron chi connectivity index (χ3n) is 6.99. The number of ether oxygens (including phenoxy) is 4. The third-order valence-corrected chi connectivity index (χ3v) is 6.99. The zero-order valence-electron chi connectivity index (χ0n) is 21.6. The summed E-state index contributed by atoms with van der Waals surface area (Å²) in [5, 5.41) is 71.6. The average molecular weight is 577 g/mol. The molecule has 0 aliphatic carbocycles. The minimum atomic E-state index is -1.87. The van der Waals surface area contributed by atoms with E-state index in [1.165, 1.54) is 38.1 Å². The van der Waals surface area contributed by atoms with Gasteiger partial charge < -0.3 is 59.1 Å². The highest BCUT2D eigenvalue weighted by atomic mass is 16.8. The van der Waals surface area contributed by atoms with Crippen molar-refractivity contribution in [3.05, 3.63) is 46.6 Å². The number of phenolic OH excluding ortho intramolecular Hbond substituents is 3. The molecule has 0 bridgehead atoms. The van der Waals surface area contributed by atoms with Gasteiger partial charge >= 0.3 is 0 Å². The number of benzene rings is 2. The number of hydrogen-bond acceptors (Lipinski definition) is 14. The molecule has 14 heteroatoms. The summed E-state index contributed by atoms with van der Waals surface area (Å²) in [5.74, 6) is -2.65. The number of carbonyl (C=O) groups excluding carboxylic acids is 1. The number of rotatable bonds is 5. The Morgan fingerprint density at radius 2 is 1.49 bits per heavy atom. The Balaban J connectivity index is 1.59. The molecule has 14 nitrogen and oxygen atoms in total. The Labute approximate surface area is 231 Å². The van der Waals surface area contributed by atoms with Crippen LogP contribution >= 0.6 is 0 Å². The smallest absolute Gasteiger partial charge is 0.239 e. The lowest BCUT2D eigenvalue weighted by atomic mass is 9.98. The van der Waals surface area contributed by atoms with E-state index in [1.54, 1.807) is 0 Å². The van der Waals surface area contributed by atoms with Gasteiger partial charge in [0.05, 0.1) is 6.10 Å². The van der Waals surface area contributed by atoms with Crippen LogP contribution in [0.4, 0.5) is 0 Å². The summed E-state index contributed by atoms with van der Waals surface area (Å²) >= 11 is 0. The molecule has 2 fully saturated rings. The molecule has 0 amide bonds. The zero-order chi connectivity index (χ0) is 29.7. The monoisotopic (exact) mass is 576 g/mol. The Kier molecular flexibility index (Phi) is 7.65. The maximum Gasteiger partial charge on any atom is 0.239 e. The highest BCUT2D eigenvalue weighted by Crippen LogP contribution is 2.38. The van der Waals surface area contributed by atoms with Gasteiger partial charge in [-0.1, -0.05) is 0 Å². The van der Waals surface area contributed by atoms with Crippen molar-refractivity contribution in [3.63, 3.8) is 0 Å². The van der Waals surface area contributed by atoms with Crippen molar-refractivity contribution >= 4 is 16.8 Å². The van der Waals surface area contributed by atoms with Crippen LogP contribution in [0.5, 0.6) is 23.0 Å². The van der Waals surface area contributed by atoms with Gasteiger partial charge in [-0.15, -0.1) is 0 Å². The van der Waals surface area contributed by atoms with E-state index in [2.05, 4.69) is 0 Å². The summed E-state index contributed by atoms with van der Waals surface area (Å²) < 4.78 is 28.5. The van der Waals surface area contributed by atoms with Gasteiger partial charge in [0.25, 0.3) is 0 Å². The first-order valence-corrected chi connectivity index (χ1v) is 12.6. The van der Waals surface area contributed by atoms with E-state index in [0.29, 0.717) is 0 Å². The third kappa shape index (κ3) is 5.22. The average Bonchev–Trinajstić information content (AvgIpc) is 2.92. The van der Waals surface area contributed by atoms with Crippen LogP contribution in [0.3, 0.4) is 0 Å². The summed E-state index contributed by atoms with van der Waals surface area (Å²) in [7, 11) is 0. The molecular formula is C27H28O14. The topological polar surface area (TPSA) is 226 Å². The summed E-state index contributed by atoms with van der Waals surface area (Å²) in [6, 6.07) is 7.44. The first-order chi connectivity index (χ1) is 19.4. The fourth-order valence-corrected chi connectivity index (χ4v) is 4.71. The molecule has 220 valence electrons. The summed E-state index contributed by atoms with van der Waals surface area (Å²) in [4.78, 5) is 25.7. The van der Waals surface area contributed by atoms with Crippen molar-refractivity contribution in [1.29, 1.82) is 0 Å². The van der Waals surface area contributed by atoms with Gasteiger partial charge in [-0.2, -0.15) is 0 Å². The number of aliphatic hydroxyl groups is 4. The van der Waals surface area contributed by atoms with Crippen LogP contribution in [0.1, 0.15) is 13.8 Å². The van der Waals surface area contributed by atoms with Gasteiger partial charge in [0, 0.05) is 17.7 Å². The van der Waals surface area contributed by atoms with Gasteiger partial charge in [-0.25, -0.2) is 0 Å². The predicted octanol–water partition coefficient (Wildman–Crippen LogP) is -0.157.